The maximum absolute atomic E-state index is 12.8. The summed E-state index contributed by atoms with van der Waals surface area (Å²) in [5.41, 5.74) is -1.33. The van der Waals surface area contributed by atoms with Crippen molar-refractivity contribution < 1.29 is 27.5 Å². The number of nitrogens with zero attached hydrogens (tertiary/aromatic N) is 1. The summed E-state index contributed by atoms with van der Waals surface area (Å²) >= 11 is 0. The van der Waals surface area contributed by atoms with Crippen LogP contribution in [0.15, 0.2) is 41.3 Å². The van der Waals surface area contributed by atoms with E-state index in [9.17, 15) is 27.6 Å². The molecular weight excluding hydrogens is 353 g/mol. The lowest BCUT2D eigenvalue weighted by Gasteiger charge is -2.23. The zero-order valence-electron chi connectivity index (χ0n) is 13.5. The number of anilines is 1. The highest BCUT2D eigenvalue weighted by Gasteiger charge is 2.31. The number of ether oxygens (including phenoxy) is 1. The molecule has 0 saturated heterocycles. The van der Waals surface area contributed by atoms with Gasteiger partial charge < -0.3 is 14.6 Å². The van der Waals surface area contributed by atoms with Gasteiger partial charge in [0.25, 0.3) is 11.5 Å². The molecule has 1 aromatic heterocycles. The van der Waals surface area contributed by atoms with Crippen molar-refractivity contribution in [3.05, 3.63) is 58.0 Å². The molecule has 0 saturated carbocycles. The number of aromatic nitrogens is 1. The van der Waals surface area contributed by atoms with Gasteiger partial charge in [-0.15, -0.1) is 0 Å². The number of pyridine rings is 1. The summed E-state index contributed by atoms with van der Waals surface area (Å²) in [4.78, 5) is 35.7. The second kappa shape index (κ2) is 6.32. The number of halogens is 3. The fourth-order valence-electron chi connectivity index (χ4n) is 2.45. The van der Waals surface area contributed by atoms with E-state index in [2.05, 4.69) is 5.32 Å². The van der Waals surface area contributed by atoms with Crippen LogP contribution in [0, 0.1) is 0 Å². The fourth-order valence-corrected chi connectivity index (χ4v) is 2.45. The standard InChI is InChI=1S/C17H13F3N2O4/c1-9-16(25)21-12-6-10(2-4-14(12)26-9)13(23)8-22-7-11(17(18,19)20)3-5-15(22)24/h2-7,9H,8H2,1H3,(H,21,25). The Kier molecular flexibility index (Phi) is 4.31. The van der Waals surface area contributed by atoms with Crippen molar-refractivity contribution in [2.45, 2.75) is 25.7 Å². The smallest absolute Gasteiger partial charge is 0.417 e. The molecule has 0 radical (unpaired) electrons. The molecule has 0 fully saturated rings. The lowest BCUT2D eigenvalue weighted by molar-refractivity contribution is -0.138. The minimum atomic E-state index is -4.62. The van der Waals surface area contributed by atoms with Gasteiger partial charge in [-0.05, 0) is 31.2 Å². The number of hydrogen-bond donors (Lipinski definition) is 1. The summed E-state index contributed by atoms with van der Waals surface area (Å²) in [7, 11) is 0. The first-order chi connectivity index (χ1) is 12.1. The van der Waals surface area contributed by atoms with E-state index in [0.29, 0.717) is 22.6 Å². The zero-order valence-corrected chi connectivity index (χ0v) is 13.5. The van der Waals surface area contributed by atoms with Gasteiger partial charge in [0.05, 0.1) is 17.8 Å². The molecule has 6 nitrogen and oxygen atoms in total. The Morgan fingerprint density at radius 3 is 2.65 bits per heavy atom. The predicted molar refractivity (Wildman–Crippen MR) is 85.2 cm³/mol. The maximum Gasteiger partial charge on any atom is 0.417 e. The Morgan fingerprint density at radius 1 is 1.23 bits per heavy atom. The Labute approximate surface area is 145 Å². The van der Waals surface area contributed by atoms with Crippen molar-refractivity contribution >= 4 is 17.4 Å². The summed E-state index contributed by atoms with van der Waals surface area (Å²) in [5, 5.41) is 2.58. The van der Waals surface area contributed by atoms with Crippen LogP contribution in [-0.4, -0.2) is 22.4 Å². The molecule has 1 atom stereocenters. The van der Waals surface area contributed by atoms with E-state index in [4.69, 9.17) is 4.74 Å². The van der Waals surface area contributed by atoms with Gasteiger partial charge in [0, 0.05) is 17.8 Å². The van der Waals surface area contributed by atoms with Gasteiger partial charge in [-0.3, -0.25) is 14.4 Å². The number of rotatable bonds is 3. The highest BCUT2D eigenvalue weighted by molar-refractivity contribution is 6.01. The first-order valence-electron chi connectivity index (χ1n) is 7.57. The molecule has 1 unspecified atom stereocenters. The minimum Gasteiger partial charge on any atom is -0.479 e. The zero-order chi connectivity index (χ0) is 19.1. The summed E-state index contributed by atoms with van der Waals surface area (Å²) in [6.45, 7) is 1.00. The fraction of sp³-hybridized carbons (Fsp3) is 0.235. The van der Waals surface area contributed by atoms with Gasteiger partial charge in [-0.1, -0.05) is 0 Å². The molecule has 9 heteroatoms. The number of hydrogen-bond acceptors (Lipinski definition) is 4. The lowest BCUT2D eigenvalue weighted by Crippen LogP contribution is -2.34. The summed E-state index contributed by atoms with van der Waals surface area (Å²) in [6, 6.07) is 5.69. The van der Waals surface area contributed by atoms with Gasteiger partial charge in [-0.25, -0.2) is 0 Å². The molecule has 1 aromatic carbocycles. The Hall–Kier alpha value is -3.10. The second-order valence-corrected chi connectivity index (χ2v) is 5.77. The summed E-state index contributed by atoms with van der Waals surface area (Å²) < 4.78 is 44.3. The third-order valence-corrected chi connectivity index (χ3v) is 3.86. The second-order valence-electron chi connectivity index (χ2n) is 5.77. The third-order valence-electron chi connectivity index (χ3n) is 3.86. The van der Waals surface area contributed by atoms with Crippen LogP contribution in [0.4, 0.5) is 18.9 Å². The molecule has 2 aromatic rings. The van der Waals surface area contributed by atoms with Crippen molar-refractivity contribution in [2.24, 2.45) is 0 Å². The molecule has 26 heavy (non-hydrogen) atoms. The van der Waals surface area contributed by atoms with Crippen LogP contribution >= 0.6 is 0 Å². The Morgan fingerprint density at radius 2 is 1.96 bits per heavy atom. The molecule has 0 bridgehead atoms. The number of carbonyl (C=O) groups excluding carboxylic acids is 2. The van der Waals surface area contributed by atoms with Crippen molar-refractivity contribution in [2.75, 3.05) is 5.32 Å². The third kappa shape index (κ3) is 3.46. The van der Waals surface area contributed by atoms with Gasteiger partial charge in [0.1, 0.15) is 5.75 Å². The molecule has 3 rings (SSSR count). The van der Waals surface area contributed by atoms with E-state index in [1.807, 2.05) is 0 Å². The average molecular weight is 366 g/mol. The maximum atomic E-state index is 12.8. The van der Waals surface area contributed by atoms with Crippen LogP contribution < -0.4 is 15.6 Å². The first kappa shape index (κ1) is 17.7. The van der Waals surface area contributed by atoms with Crippen molar-refractivity contribution in [1.29, 1.82) is 0 Å². The van der Waals surface area contributed by atoms with Crippen LogP contribution in [0.1, 0.15) is 22.8 Å². The number of amides is 1. The van der Waals surface area contributed by atoms with E-state index < -0.39 is 35.7 Å². The number of benzene rings is 1. The number of ketones is 1. The van der Waals surface area contributed by atoms with E-state index in [-0.39, 0.29) is 17.2 Å². The van der Waals surface area contributed by atoms with Crippen LogP contribution in [-0.2, 0) is 17.5 Å². The minimum absolute atomic E-state index is 0.131. The monoisotopic (exact) mass is 366 g/mol. The lowest BCUT2D eigenvalue weighted by atomic mass is 10.1. The highest BCUT2D eigenvalue weighted by atomic mass is 19.4. The summed E-state index contributed by atoms with van der Waals surface area (Å²) in [5.74, 6) is -0.580. The molecule has 0 aliphatic carbocycles. The van der Waals surface area contributed by atoms with Crippen molar-refractivity contribution in [3.8, 4) is 5.75 Å². The van der Waals surface area contributed by atoms with Crippen LogP contribution in [0.5, 0.6) is 5.75 Å². The van der Waals surface area contributed by atoms with Crippen molar-refractivity contribution in [1.82, 2.24) is 4.57 Å². The topological polar surface area (TPSA) is 77.4 Å². The van der Waals surface area contributed by atoms with Gasteiger partial charge >= 0.3 is 6.18 Å². The van der Waals surface area contributed by atoms with E-state index in [1.165, 1.54) is 18.2 Å². The Bertz CT molecular complexity index is 950. The molecule has 0 spiro atoms. The molecule has 136 valence electrons. The summed E-state index contributed by atoms with van der Waals surface area (Å²) in [6.07, 6.45) is -4.69. The van der Waals surface area contributed by atoms with Gasteiger partial charge in [0.2, 0.25) is 0 Å². The molecular formula is C17H13F3N2O4. The van der Waals surface area contributed by atoms with Crippen LogP contribution in [0.3, 0.4) is 0 Å². The number of carbonyl (C=O) groups is 2. The van der Waals surface area contributed by atoms with Crippen molar-refractivity contribution in [3.63, 3.8) is 0 Å². The normalized spacial score (nSPS) is 16.5. The van der Waals surface area contributed by atoms with Crippen LogP contribution in [0.2, 0.25) is 0 Å². The molecule has 1 aliphatic rings. The van der Waals surface area contributed by atoms with E-state index in [1.54, 1.807) is 6.92 Å². The number of nitrogens with one attached hydrogen (secondary N) is 1. The largest absolute Gasteiger partial charge is 0.479 e. The first-order valence-corrected chi connectivity index (χ1v) is 7.57. The van der Waals surface area contributed by atoms with Gasteiger partial charge in [0.15, 0.2) is 11.9 Å². The van der Waals surface area contributed by atoms with Crippen LogP contribution in [0.25, 0.3) is 0 Å². The predicted octanol–water partition coefficient (Wildman–Crippen LogP) is 2.47. The number of fused-ring (bicyclic) bond motifs is 1. The number of Topliss-reactive ketones (excluding diaryl/α,β-unsaturated/α-hetero) is 1. The average Bonchev–Trinajstić information content (AvgIpc) is 2.56. The quantitative estimate of drug-likeness (QED) is 0.847. The molecule has 1 amide bonds. The van der Waals surface area contributed by atoms with Gasteiger partial charge in [-0.2, -0.15) is 13.2 Å². The van der Waals surface area contributed by atoms with E-state index in [0.717, 1.165) is 6.07 Å². The highest BCUT2D eigenvalue weighted by Crippen LogP contribution is 2.31. The molecule has 1 N–H and O–H groups in total. The SMILES string of the molecule is CC1Oc2ccc(C(=O)Cn3cc(C(F)(F)F)ccc3=O)cc2NC1=O. The number of alkyl halides is 3. The van der Waals surface area contributed by atoms with E-state index >= 15 is 0 Å². The molecule has 1 aliphatic heterocycles. The Balaban J connectivity index is 1.87. The molecule has 2 heterocycles.